The molecule has 6 heteroatoms. The fourth-order valence-corrected chi connectivity index (χ4v) is 4.04. The second kappa shape index (κ2) is 9.73. The van der Waals surface area contributed by atoms with Gasteiger partial charge in [-0.25, -0.2) is 4.98 Å². The minimum Gasteiger partial charge on any atom is -0.465 e. The van der Waals surface area contributed by atoms with Gasteiger partial charge in [-0.15, -0.1) is 0 Å². The number of nitrogens with one attached hydrogen (secondary N) is 1. The summed E-state index contributed by atoms with van der Waals surface area (Å²) in [6.45, 7) is 5.37. The van der Waals surface area contributed by atoms with Crippen molar-refractivity contribution in [2.24, 2.45) is 0 Å². The quantitative estimate of drug-likeness (QED) is 0.815. The molecule has 28 heavy (non-hydrogen) atoms. The maximum absolute atomic E-state index is 5.33. The van der Waals surface area contributed by atoms with Crippen LogP contribution < -0.4 is 10.2 Å². The molecule has 4 rings (SSSR count). The van der Waals surface area contributed by atoms with E-state index < -0.39 is 0 Å². The zero-order valence-corrected chi connectivity index (χ0v) is 16.6. The van der Waals surface area contributed by atoms with Gasteiger partial charge in [0.15, 0.2) is 0 Å². The van der Waals surface area contributed by atoms with Crippen LogP contribution in [0.5, 0.6) is 0 Å². The molecule has 2 fully saturated rings. The minimum atomic E-state index is 0.449. The van der Waals surface area contributed by atoms with Crippen LogP contribution in [0.1, 0.15) is 44.3 Å². The highest BCUT2D eigenvalue weighted by molar-refractivity contribution is 5.43. The number of aromatic nitrogens is 2. The van der Waals surface area contributed by atoms with Gasteiger partial charge in [-0.3, -0.25) is 4.90 Å². The highest BCUT2D eigenvalue weighted by atomic mass is 16.3. The summed E-state index contributed by atoms with van der Waals surface area (Å²) in [5.74, 6) is 2.76. The van der Waals surface area contributed by atoms with Crippen molar-refractivity contribution in [2.75, 3.05) is 42.9 Å². The van der Waals surface area contributed by atoms with Crippen molar-refractivity contribution in [1.82, 2.24) is 14.9 Å². The lowest BCUT2D eigenvalue weighted by atomic mass is 10.1. The smallest absolute Gasteiger partial charge is 0.224 e. The molecule has 0 atom stereocenters. The highest BCUT2D eigenvalue weighted by Crippen LogP contribution is 2.20. The molecule has 0 amide bonds. The molecule has 2 aliphatic heterocycles. The minimum absolute atomic E-state index is 0.449. The van der Waals surface area contributed by atoms with Crippen LogP contribution >= 0.6 is 0 Å². The van der Waals surface area contributed by atoms with E-state index in [0.29, 0.717) is 6.04 Å². The van der Waals surface area contributed by atoms with Gasteiger partial charge in [0.05, 0.1) is 6.26 Å². The first-order valence-electron chi connectivity index (χ1n) is 10.6. The predicted octanol–water partition coefficient (Wildman–Crippen LogP) is 4.04. The summed E-state index contributed by atoms with van der Waals surface area (Å²) in [6.07, 6.45) is 15.3. The van der Waals surface area contributed by atoms with Gasteiger partial charge in [0.2, 0.25) is 5.95 Å². The second-order valence-electron chi connectivity index (χ2n) is 7.78. The molecular formula is C22H31N5O. The van der Waals surface area contributed by atoms with Gasteiger partial charge >= 0.3 is 0 Å². The van der Waals surface area contributed by atoms with Gasteiger partial charge < -0.3 is 14.6 Å². The monoisotopic (exact) mass is 381 g/mol. The normalized spacial score (nSPS) is 19.8. The molecule has 1 N–H and O–H groups in total. The largest absolute Gasteiger partial charge is 0.465 e. The number of anilines is 2. The number of rotatable bonds is 6. The van der Waals surface area contributed by atoms with Crippen LogP contribution in [0.15, 0.2) is 41.2 Å². The second-order valence-corrected chi connectivity index (χ2v) is 7.78. The van der Waals surface area contributed by atoms with Crippen LogP contribution in [-0.2, 0) is 0 Å². The average molecular weight is 382 g/mol. The topological polar surface area (TPSA) is 57.4 Å². The van der Waals surface area contributed by atoms with E-state index in [-0.39, 0.29) is 0 Å². The van der Waals surface area contributed by atoms with Crippen LogP contribution in [0.3, 0.4) is 0 Å². The molecule has 0 saturated carbocycles. The van der Waals surface area contributed by atoms with E-state index in [9.17, 15) is 0 Å². The lowest BCUT2D eigenvalue weighted by Gasteiger charge is -2.31. The average Bonchev–Trinajstić information content (AvgIpc) is 3.09. The Morgan fingerprint density at radius 3 is 2.64 bits per heavy atom. The molecule has 2 aromatic heterocycles. The highest BCUT2D eigenvalue weighted by Gasteiger charge is 2.19. The van der Waals surface area contributed by atoms with E-state index in [0.717, 1.165) is 63.1 Å². The Labute approximate surface area is 167 Å². The van der Waals surface area contributed by atoms with Gasteiger partial charge in [0.25, 0.3) is 0 Å². The van der Waals surface area contributed by atoms with Crippen LogP contribution in [-0.4, -0.2) is 53.6 Å². The van der Waals surface area contributed by atoms with Gasteiger partial charge in [0, 0.05) is 45.0 Å². The molecule has 0 aromatic carbocycles. The van der Waals surface area contributed by atoms with Crippen LogP contribution in [0, 0.1) is 0 Å². The summed E-state index contributed by atoms with van der Waals surface area (Å²) in [5.41, 5.74) is 0. The third kappa shape index (κ3) is 5.35. The summed E-state index contributed by atoms with van der Waals surface area (Å²) in [4.78, 5) is 14.2. The zero-order valence-electron chi connectivity index (χ0n) is 16.6. The first kappa shape index (κ1) is 19.0. The van der Waals surface area contributed by atoms with Gasteiger partial charge in [0.1, 0.15) is 11.6 Å². The molecule has 6 nitrogen and oxygen atoms in total. The van der Waals surface area contributed by atoms with Crippen molar-refractivity contribution in [3.05, 3.63) is 42.5 Å². The van der Waals surface area contributed by atoms with Crippen LogP contribution in [0.2, 0.25) is 0 Å². The van der Waals surface area contributed by atoms with E-state index in [2.05, 4.69) is 26.2 Å². The molecule has 0 spiro atoms. The number of hydrogen-bond donors (Lipinski definition) is 1. The summed E-state index contributed by atoms with van der Waals surface area (Å²) in [5, 5.41) is 3.57. The standard InChI is InChI=1S/C22H31N5O/c1-2-4-15-27(14-3-1)21-9-12-23-22(25-21)24-19-10-16-26(17-11-19)13-5-7-20-8-6-18-28-20/h5-9,12,18-19H,1-4,10-11,13-17H2,(H,23,24,25)/b7-5+. The maximum atomic E-state index is 5.33. The molecule has 2 saturated heterocycles. The zero-order chi connectivity index (χ0) is 19.0. The lowest BCUT2D eigenvalue weighted by Crippen LogP contribution is -2.39. The third-order valence-corrected chi connectivity index (χ3v) is 5.68. The van der Waals surface area contributed by atoms with Crippen molar-refractivity contribution in [3.8, 4) is 0 Å². The number of piperidine rings is 1. The Morgan fingerprint density at radius 1 is 1.07 bits per heavy atom. The van der Waals surface area contributed by atoms with E-state index in [4.69, 9.17) is 9.40 Å². The van der Waals surface area contributed by atoms with Crippen molar-refractivity contribution in [3.63, 3.8) is 0 Å². The Morgan fingerprint density at radius 2 is 1.89 bits per heavy atom. The maximum Gasteiger partial charge on any atom is 0.224 e. The number of likely N-dealkylation sites (tertiary alicyclic amines) is 1. The first-order valence-corrected chi connectivity index (χ1v) is 10.6. The Hall–Kier alpha value is -2.34. The molecule has 150 valence electrons. The summed E-state index contributed by atoms with van der Waals surface area (Å²) >= 11 is 0. The Bertz CT molecular complexity index is 729. The summed E-state index contributed by atoms with van der Waals surface area (Å²) < 4.78 is 5.33. The van der Waals surface area contributed by atoms with E-state index >= 15 is 0 Å². The Kier molecular flexibility index (Phi) is 6.60. The van der Waals surface area contributed by atoms with Crippen LogP contribution in [0.25, 0.3) is 6.08 Å². The van der Waals surface area contributed by atoms with Crippen molar-refractivity contribution < 1.29 is 4.42 Å². The van der Waals surface area contributed by atoms with Gasteiger partial charge in [-0.1, -0.05) is 18.9 Å². The lowest BCUT2D eigenvalue weighted by molar-refractivity contribution is 0.240. The van der Waals surface area contributed by atoms with E-state index in [1.807, 2.05) is 30.5 Å². The third-order valence-electron chi connectivity index (χ3n) is 5.68. The molecule has 2 aliphatic rings. The predicted molar refractivity (Wildman–Crippen MR) is 114 cm³/mol. The molecule has 0 radical (unpaired) electrons. The van der Waals surface area contributed by atoms with Crippen molar-refractivity contribution in [2.45, 2.75) is 44.6 Å². The fourth-order valence-electron chi connectivity index (χ4n) is 4.04. The van der Waals surface area contributed by atoms with Crippen molar-refractivity contribution >= 4 is 17.8 Å². The SMILES string of the molecule is C(=C\c1ccco1)/CN1CCC(Nc2nccc(N3CCCCCC3)n2)CC1. The Balaban J connectivity index is 1.25. The van der Waals surface area contributed by atoms with Gasteiger partial charge in [-0.2, -0.15) is 4.98 Å². The van der Waals surface area contributed by atoms with Crippen molar-refractivity contribution in [1.29, 1.82) is 0 Å². The molecule has 0 aliphatic carbocycles. The molecule has 2 aromatic rings. The molecular weight excluding hydrogens is 350 g/mol. The van der Waals surface area contributed by atoms with Gasteiger partial charge in [-0.05, 0) is 50.0 Å². The molecule has 0 bridgehead atoms. The van der Waals surface area contributed by atoms with Crippen LogP contribution in [0.4, 0.5) is 11.8 Å². The summed E-state index contributed by atoms with van der Waals surface area (Å²) in [6, 6.07) is 6.39. The first-order chi connectivity index (χ1) is 13.9. The van der Waals surface area contributed by atoms with E-state index in [1.165, 1.54) is 25.7 Å². The number of hydrogen-bond acceptors (Lipinski definition) is 6. The summed E-state index contributed by atoms with van der Waals surface area (Å²) in [7, 11) is 0. The number of furan rings is 1. The number of nitrogens with zero attached hydrogens (tertiary/aromatic N) is 4. The molecule has 4 heterocycles. The van der Waals surface area contributed by atoms with E-state index in [1.54, 1.807) is 6.26 Å². The molecule has 0 unspecified atom stereocenters. The fraction of sp³-hybridized carbons (Fsp3) is 0.545.